The minimum Gasteiger partial charge on any atom is -0.107 e. The largest absolute Gasteiger partial charge is 0.107 e. The van der Waals surface area contributed by atoms with Crippen molar-refractivity contribution in [2.45, 2.75) is 0 Å². The molecule has 0 aliphatic carbocycles. The van der Waals surface area contributed by atoms with Gasteiger partial charge in [0, 0.05) is 46.4 Å². The quantitative estimate of drug-likeness (QED) is 0.357. The van der Waals surface area contributed by atoms with Gasteiger partial charge in [-0.3, -0.25) is 0 Å². The minimum absolute atomic E-state index is 0. The van der Waals surface area contributed by atoms with Gasteiger partial charge < -0.3 is 0 Å². The van der Waals surface area contributed by atoms with Crippen LogP contribution in [0, 0.1) is 0 Å². The molecule has 0 amide bonds. The molecule has 0 heterocycles. The van der Waals surface area contributed by atoms with E-state index in [-0.39, 0.29) is 70.4 Å². The Balaban J connectivity index is 0. The van der Waals surface area contributed by atoms with Gasteiger partial charge in [0.05, 0.1) is 0 Å². The van der Waals surface area contributed by atoms with Crippen molar-refractivity contribution in [3.8, 4) is 0 Å². The summed E-state index contributed by atoms with van der Waals surface area (Å²) in [6, 6.07) is 0. The second-order valence-electron chi connectivity index (χ2n) is 0. The molecule has 0 aromatic heterocycles. The van der Waals surface area contributed by atoms with Crippen molar-refractivity contribution < 1.29 is 19.5 Å². The Morgan fingerprint density at radius 3 is 1.00 bits per heavy atom. The molecule has 4 heavy (non-hydrogen) atoms. The minimum atomic E-state index is 0. The van der Waals surface area contributed by atoms with Gasteiger partial charge in [-0.25, -0.2) is 0 Å². The van der Waals surface area contributed by atoms with Crippen LogP contribution in [0.15, 0.2) is 0 Å². The van der Waals surface area contributed by atoms with Gasteiger partial charge in [0.1, 0.15) is 0 Å². The Morgan fingerprint density at radius 1 is 1.00 bits per heavy atom. The molecule has 0 saturated heterocycles. The van der Waals surface area contributed by atoms with Crippen LogP contribution in [-0.4, -0.2) is 17.1 Å². The Kier molecular flexibility index (Phi) is 155. The van der Waals surface area contributed by atoms with Crippen LogP contribution in [-0.2, 0) is 19.5 Å². The molecule has 0 nitrogen and oxygen atoms in total. The maximum atomic E-state index is 0. The summed E-state index contributed by atoms with van der Waals surface area (Å²) in [5.74, 6) is 0. The van der Waals surface area contributed by atoms with E-state index in [0.29, 0.717) is 0 Å². The summed E-state index contributed by atoms with van der Waals surface area (Å²) < 4.78 is 0. The van der Waals surface area contributed by atoms with Crippen molar-refractivity contribution in [1.29, 1.82) is 0 Å². The molecule has 0 saturated carbocycles. The van der Waals surface area contributed by atoms with E-state index in [9.17, 15) is 0 Å². The first-order valence-electron chi connectivity index (χ1n) is 0. The first-order chi connectivity index (χ1) is 0. The predicted octanol–water partition coefficient (Wildman–Crippen LogP) is 1.10. The van der Waals surface area contributed by atoms with Gasteiger partial charge in [-0.05, 0) is 0 Å². The summed E-state index contributed by atoms with van der Waals surface area (Å²) in [6.07, 6.45) is 0. The maximum Gasteiger partial charge on any atom is 0 e. The number of rotatable bonds is 0. The molecular formula is HIPSeZn. The van der Waals surface area contributed by atoms with Crippen molar-refractivity contribution in [3.63, 3.8) is 0 Å². The predicted molar refractivity (Wildman–Crippen MR) is 28.1 cm³/mol. The fraction of sp³-hybridized carbons (Fsp3) is 0. The van der Waals surface area contributed by atoms with Crippen molar-refractivity contribution in [2.24, 2.45) is 0 Å². The second kappa shape index (κ2) is 18.5. The van der Waals surface area contributed by atoms with Crippen molar-refractivity contribution >= 4 is 50.9 Å². The molecular weight excluding hydrogens is 302 g/mol. The zero-order valence-corrected chi connectivity index (χ0v) is 9.88. The average molecular weight is 303 g/mol. The van der Waals surface area contributed by atoms with Crippen LogP contribution in [0.25, 0.3) is 0 Å². The Labute approximate surface area is 69.7 Å². The molecule has 0 aliphatic heterocycles. The van der Waals surface area contributed by atoms with E-state index in [4.69, 9.17) is 0 Å². The molecule has 0 fully saturated rings. The summed E-state index contributed by atoms with van der Waals surface area (Å²) in [5, 5.41) is 0. The van der Waals surface area contributed by atoms with E-state index < -0.39 is 0 Å². The fourth-order valence-electron chi connectivity index (χ4n) is 0. The molecule has 4 heteroatoms. The van der Waals surface area contributed by atoms with E-state index in [1.54, 1.807) is 0 Å². The van der Waals surface area contributed by atoms with Crippen LogP contribution in [0.1, 0.15) is 0 Å². The third-order valence-electron chi connectivity index (χ3n) is 0. The molecule has 0 aliphatic rings. The third kappa shape index (κ3) is 8.85. The molecule has 5 radical (unpaired) electrons. The molecule has 0 N–H and O–H groups in total. The van der Waals surface area contributed by atoms with Crippen LogP contribution in [0.2, 0.25) is 0 Å². The molecule has 0 atom stereocenters. The Hall–Kier alpha value is 2.30. The summed E-state index contributed by atoms with van der Waals surface area (Å²) in [7, 11) is 0. The van der Waals surface area contributed by atoms with E-state index in [1.165, 1.54) is 0 Å². The Bertz CT molecular complexity index is 8.00. The average Bonchev–Trinajstić information content (AvgIpc) is 0. The second-order valence-corrected chi connectivity index (χ2v) is 0. The zero-order chi connectivity index (χ0) is 0. The Morgan fingerprint density at radius 2 is 1.00 bits per heavy atom. The third-order valence-corrected chi connectivity index (χ3v) is 0. The van der Waals surface area contributed by atoms with Crippen LogP contribution in [0.4, 0.5) is 0 Å². The first kappa shape index (κ1) is 33.4. The van der Waals surface area contributed by atoms with Gasteiger partial charge in [-0.1, -0.05) is 0 Å². The van der Waals surface area contributed by atoms with Crippen molar-refractivity contribution in [1.82, 2.24) is 0 Å². The molecule has 0 spiro atoms. The molecule has 0 rings (SSSR count). The molecule has 21 valence electrons. The normalized spacial score (nSPS) is 0. The fourth-order valence-corrected chi connectivity index (χ4v) is 0. The number of hydrogen-bond acceptors (Lipinski definition) is 0. The van der Waals surface area contributed by atoms with Gasteiger partial charge in [0.25, 0.3) is 0 Å². The van der Waals surface area contributed by atoms with Crippen LogP contribution in [0.5, 0.6) is 0 Å². The van der Waals surface area contributed by atoms with Crippen molar-refractivity contribution in [2.75, 3.05) is 0 Å². The van der Waals surface area contributed by atoms with E-state index in [1.807, 2.05) is 0 Å². The van der Waals surface area contributed by atoms with Crippen LogP contribution < -0.4 is 0 Å². The smallest absolute Gasteiger partial charge is 0 e. The topological polar surface area (TPSA) is 0 Å². The molecule has 0 aromatic rings. The van der Waals surface area contributed by atoms with E-state index in [2.05, 4.69) is 0 Å². The maximum absolute atomic E-state index is 0. The van der Waals surface area contributed by atoms with E-state index in [0.717, 1.165) is 0 Å². The number of hydrogen-bond donors (Lipinski definition) is 0. The monoisotopic (exact) mass is 303 g/mol. The van der Waals surface area contributed by atoms with Gasteiger partial charge in [0.2, 0.25) is 0 Å². The molecule has 0 unspecified atom stereocenters. The first-order valence-corrected chi connectivity index (χ1v) is 0. The number of halogens is 1. The van der Waals surface area contributed by atoms with Crippen molar-refractivity contribution in [3.05, 3.63) is 0 Å². The van der Waals surface area contributed by atoms with Gasteiger partial charge in [-0.15, -0.1) is 24.0 Å². The van der Waals surface area contributed by atoms with Gasteiger partial charge in [-0.2, -0.15) is 0 Å². The summed E-state index contributed by atoms with van der Waals surface area (Å²) in [6.45, 7) is 0. The van der Waals surface area contributed by atoms with Gasteiger partial charge >= 0.3 is 0 Å². The van der Waals surface area contributed by atoms with Crippen LogP contribution in [0.3, 0.4) is 0 Å². The standard InChI is InChI=1S/HI.P.Se.Zn/h1H;;;. The van der Waals surface area contributed by atoms with E-state index >= 15 is 0 Å². The molecule has 0 bridgehead atoms. The summed E-state index contributed by atoms with van der Waals surface area (Å²) in [5.41, 5.74) is 0. The summed E-state index contributed by atoms with van der Waals surface area (Å²) >= 11 is 0. The summed E-state index contributed by atoms with van der Waals surface area (Å²) in [4.78, 5) is 0. The SMILES string of the molecule is I.[P].[Se].[Zn]. The van der Waals surface area contributed by atoms with Gasteiger partial charge in [0.15, 0.2) is 0 Å². The molecule has 0 aromatic carbocycles. The van der Waals surface area contributed by atoms with Crippen LogP contribution >= 0.6 is 33.9 Å². The zero-order valence-electron chi connectivity index (χ0n) is 1.97.